The Labute approximate surface area is 188 Å². The molecule has 3 heterocycles. The molecule has 1 saturated carbocycles. The predicted molar refractivity (Wildman–Crippen MR) is 123 cm³/mol. The molecule has 2 bridgehead atoms. The van der Waals surface area contributed by atoms with Crippen molar-refractivity contribution in [3.63, 3.8) is 0 Å². The third-order valence-electron chi connectivity index (χ3n) is 7.95. The Morgan fingerprint density at radius 1 is 1.22 bits per heavy atom. The summed E-state index contributed by atoms with van der Waals surface area (Å²) in [5.74, 6) is 0.761. The van der Waals surface area contributed by atoms with Gasteiger partial charge in [-0.15, -0.1) is 0 Å². The molecule has 0 unspecified atom stereocenters. The summed E-state index contributed by atoms with van der Waals surface area (Å²) in [6.07, 6.45) is 3.76. The molecule has 5 nitrogen and oxygen atoms in total. The lowest BCUT2D eigenvalue weighted by Gasteiger charge is -2.57. The number of fused-ring (bicyclic) bond motifs is 5. The molecule has 0 aromatic heterocycles. The molecule has 4 atom stereocenters. The molecule has 3 aliphatic heterocycles. The number of amides is 1. The first kappa shape index (κ1) is 19.7. The number of ether oxygens (including phenoxy) is 2. The van der Waals surface area contributed by atoms with Crippen molar-refractivity contribution in [3.8, 4) is 0 Å². The van der Waals surface area contributed by atoms with Crippen LogP contribution in [0, 0.1) is 11.8 Å². The standard InChI is InChI=1S/C27H28N2O3/c1-2-19-15-29(26(30)32-16-18-8-4-3-5-9-18)24-14-20(19)22-17-31-13-12-27(22)21-10-6-7-11-23(21)28-25(24)27/h2-11,20,22,24H,12-17H2,1H3/b19-2-/t20-,22+,24-,27-/m0/s1. The monoisotopic (exact) mass is 428 g/mol. The number of rotatable bonds is 2. The summed E-state index contributed by atoms with van der Waals surface area (Å²) in [6.45, 7) is 4.45. The van der Waals surface area contributed by atoms with Crippen LogP contribution < -0.4 is 0 Å². The van der Waals surface area contributed by atoms with E-state index in [1.54, 1.807) is 0 Å². The predicted octanol–water partition coefficient (Wildman–Crippen LogP) is 5.03. The Kier molecular flexibility index (Phi) is 4.68. The largest absolute Gasteiger partial charge is 0.445 e. The van der Waals surface area contributed by atoms with Crippen LogP contribution in [-0.2, 0) is 21.5 Å². The molecule has 3 fully saturated rings. The number of para-hydroxylation sites is 1. The Balaban J connectivity index is 1.38. The van der Waals surface area contributed by atoms with E-state index >= 15 is 0 Å². The number of carbonyl (C=O) groups excluding carboxylic acids is 1. The summed E-state index contributed by atoms with van der Waals surface area (Å²) >= 11 is 0. The summed E-state index contributed by atoms with van der Waals surface area (Å²) in [6, 6.07) is 18.4. The number of allylic oxidation sites excluding steroid dienone is 1. The number of hydrogen-bond acceptors (Lipinski definition) is 4. The van der Waals surface area contributed by atoms with E-state index in [2.05, 4.69) is 37.3 Å². The second-order valence-electron chi connectivity index (χ2n) is 9.31. The minimum atomic E-state index is -0.254. The van der Waals surface area contributed by atoms with Gasteiger partial charge in [0.15, 0.2) is 0 Å². The second kappa shape index (κ2) is 7.59. The summed E-state index contributed by atoms with van der Waals surface area (Å²) in [5, 5.41) is 0. The molecular formula is C27H28N2O3. The number of benzene rings is 2. The molecule has 1 aliphatic carbocycles. The van der Waals surface area contributed by atoms with Crippen LogP contribution in [-0.4, -0.2) is 42.5 Å². The van der Waals surface area contributed by atoms with E-state index in [1.165, 1.54) is 11.1 Å². The Bertz CT molecular complexity index is 1110. The minimum absolute atomic E-state index is 0.0336. The van der Waals surface area contributed by atoms with Gasteiger partial charge in [-0.2, -0.15) is 0 Å². The fourth-order valence-electron chi connectivity index (χ4n) is 6.50. The zero-order chi connectivity index (χ0) is 21.7. The SMILES string of the molecule is C/C=C1/CN(C(=O)OCc2ccccc2)[C@H]2C[C@@H]1[C@H]1COCC[C@@]13C2=Nc1ccccc13. The second-order valence-corrected chi connectivity index (χ2v) is 9.31. The molecule has 0 radical (unpaired) electrons. The average molecular weight is 429 g/mol. The highest BCUT2D eigenvalue weighted by Crippen LogP contribution is 2.58. The van der Waals surface area contributed by atoms with Gasteiger partial charge in [-0.05, 0) is 42.9 Å². The first-order chi connectivity index (χ1) is 15.7. The highest BCUT2D eigenvalue weighted by atomic mass is 16.6. The van der Waals surface area contributed by atoms with Crippen LogP contribution >= 0.6 is 0 Å². The number of piperidine rings is 1. The summed E-state index contributed by atoms with van der Waals surface area (Å²) in [7, 11) is 0. The number of nitrogens with zero attached hydrogens (tertiary/aromatic N) is 2. The Morgan fingerprint density at radius 2 is 2.03 bits per heavy atom. The van der Waals surface area contributed by atoms with Crippen molar-refractivity contribution in [1.29, 1.82) is 0 Å². The maximum Gasteiger partial charge on any atom is 0.410 e. The third kappa shape index (κ3) is 2.80. The molecule has 2 aromatic carbocycles. The maximum absolute atomic E-state index is 13.3. The van der Waals surface area contributed by atoms with Gasteiger partial charge in [0.05, 0.1) is 24.0 Å². The molecule has 0 N–H and O–H groups in total. The molecule has 2 saturated heterocycles. The van der Waals surface area contributed by atoms with Crippen LogP contribution in [0.25, 0.3) is 0 Å². The summed E-state index contributed by atoms with van der Waals surface area (Å²) in [4.78, 5) is 20.4. The van der Waals surface area contributed by atoms with Gasteiger partial charge in [0, 0.05) is 24.5 Å². The Morgan fingerprint density at radius 3 is 2.88 bits per heavy atom. The van der Waals surface area contributed by atoms with Crippen LogP contribution in [0.4, 0.5) is 10.5 Å². The zero-order valence-electron chi connectivity index (χ0n) is 18.4. The number of aliphatic imine (C=N–C) groups is 1. The van der Waals surface area contributed by atoms with Gasteiger partial charge in [0.25, 0.3) is 0 Å². The number of carbonyl (C=O) groups is 1. The van der Waals surface area contributed by atoms with Crippen LogP contribution in [0.5, 0.6) is 0 Å². The van der Waals surface area contributed by atoms with Gasteiger partial charge in [-0.3, -0.25) is 9.89 Å². The van der Waals surface area contributed by atoms with Gasteiger partial charge in [0.1, 0.15) is 6.61 Å². The van der Waals surface area contributed by atoms with Crippen LogP contribution in [0.1, 0.15) is 30.9 Å². The van der Waals surface area contributed by atoms with Crippen molar-refractivity contribution < 1.29 is 14.3 Å². The van der Waals surface area contributed by atoms with E-state index in [0.717, 1.165) is 43.0 Å². The van der Waals surface area contributed by atoms with Crippen molar-refractivity contribution in [1.82, 2.24) is 4.90 Å². The normalized spacial score (nSPS) is 31.4. The number of likely N-dealkylation sites (tertiary alicyclic amines) is 1. The Hall–Kier alpha value is -2.92. The molecular weight excluding hydrogens is 400 g/mol. The van der Waals surface area contributed by atoms with Gasteiger partial charge < -0.3 is 9.47 Å². The average Bonchev–Trinajstić information content (AvgIpc) is 3.18. The molecule has 2 aromatic rings. The first-order valence-corrected chi connectivity index (χ1v) is 11.6. The maximum atomic E-state index is 13.3. The van der Waals surface area contributed by atoms with Gasteiger partial charge in [0.2, 0.25) is 0 Å². The zero-order valence-corrected chi connectivity index (χ0v) is 18.4. The third-order valence-corrected chi connectivity index (χ3v) is 7.95. The fourth-order valence-corrected chi connectivity index (χ4v) is 6.50. The molecule has 1 spiro atoms. The summed E-state index contributed by atoms with van der Waals surface area (Å²) < 4.78 is 11.8. The smallest absolute Gasteiger partial charge is 0.410 e. The van der Waals surface area contributed by atoms with Crippen molar-refractivity contribution in [3.05, 3.63) is 77.4 Å². The van der Waals surface area contributed by atoms with Crippen molar-refractivity contribution in [2.45, 2.75) is 37.8 Å². The fraction of sp³-hybridized carbons (Fsp3) is 0.407. The lowest BCUT2D eigenvalue weighted by molar-refractivity contribution is -0.0225. The van der Waals surface area contributed by atoms with Crippen molar-refractivity contribution >= 4 is 17.5 Å². The first-order valence-electron chi connectivity index (χ1n) is 11.6. The van der Waals surface area contributed by atoms with E-state index in [1.807, 2.05) is 35.2 Å². The molecule has 1 amide bonds. The lowest BCUT2D eigenvalue weighted by Crippen LogP contribution is -2.65. The van der Waals surface area contributed by atoms with E-state index < -0.39 is 0 Å². The summed E-state index contributed by atoms with van der Waals surface area (Å²) in [5.41, 5.74) is 5.69. The molecule has 164 valence electrons. The van der Waals surface area contributed by atoms with Gasteiger partial charge in [-0.1, -0.05) is 60.2 Å². The molecule has 6 rings (SSSR count). The van der Waals surface area contributed by atoms with Crippen LogP contribution in [0.2, 0.25) is 0 Å². The van der Waals surface area contributed by atoms with Crippen molar-refractivity contribution in [2.24, 2.45) is 16.8 Å². The lowest BCUT2D eigenvalue weighted by atomic mass is 9.52. The van der Waals surface area contributed by atoms with Crippen molar-refractivity contribution in [2.75, 3.05) is 19.8 Å². The van der Waals surface area contributed by atoms with E-state index in [0.29, 0.717) is 18.4 Å². The van der Waals surface area contributed by atoms with Crippen LogP contribution in [0.3, 0.4) is 0 Å². The highest BCUT2D eigenvalue weighted by Gasteiger charge is 2.61. The van der Waals surface area contributed by atoms with E-state index in [4.69, 9.17) is 14.5 Å². The number of hydrogen-bond donors (Lipinski definition) is 0. The van der Waals surface area contributed by atoms with E-state index in [-0.39, 0.29) is 24.2 Å². The van der Waals surface area contributed by atoms with E-state index in [9.17, 15) is 4.79 Å². The quantitative estimate of drug-likeness (QED) is 0.630. The van der Waals surface area contributed by atoms with Crippen LogP contribution in [0.15, 0.2) is 71.2 Å². The highest BCUT2D eigenvalue weighted by molar-refractivity contribution is 6.07. The molecule has 5 heteroatoms. The molecule has 4 aliphatic rings. The topological polar surface area (TPSA) is 51.1 Å². The molecule has 32 heavy (non-hydrogen) atoms. The minimum Gasteiger partial charge on any atom is -0.445 e. The van der Waals surface area contributed by atoms with Gasteiger partial charge >= 0.3 is 6.09 Å². The van der Waals surface area contributed by atoms with Gasteiger partial charge in [-0.25, -0.2) is 4.79 Å².